The molecule has 0 fully saturated rings. The monoisotopic (exact) mass is 421 g/mol. The molecule has 0 saturated heterocycles. The fourth-order valence-electron chi connectivity index (χ4n) is 2.36. The van der Waals surface area contributed by atoms with Gasteiger partial charge in [-0.05, 0) is 18.2 Å². The number of thioether (sulfide) groups is 1. The van der Waals surface area contributed by atoms with Crippen molar-refractivity contribution >= 4 is 40.6 Å². The van der Waals surface area contributed by atoms with Crippen LogP contribution in [0.3, 0.4) is 0 Å². The second kappa shape index (κ2) is 8.36. The molecule has 1 aromatic heterocycles. The first kappa shape index (κ1) is 19.8. The lowest BCUT2D eigenvalue weighted by Crippen LogP contribution is -2.15. The van der Waals surface area contributed by atoms with Crippen LogP contribution >= 0.6 is 23.4 Å². The Bertz CT molecular complexity index is 1060. The number of halogens is 2. The summed E-state index contributed by atoms with van der Waals surface area (Å²) in [5, 5.41) is 22.2. The lowest BCUT2D eigenvalue weighted by Gasteiger charge is -2.07. The number of non-ortho nitro benzene ring substituents is 1. The van der Waals surface area contributed by atoms with Crippen LogP contribution in [-0.2, 0) is 11.8 Å². The van der Waals surface area contributed by atoms with Crippen molar-refractivity contribution < 1.29 is 14.1 Å². The normalized spacial score (nSPS) is 10.7. The molecule has 28 heavy (non-hydrogen) atoms. The van der Waals surface area contributed by atoms with Gasteiger partial charge in [0.25, 0.3) is 5.69 Å². The number of benzene rings is 2. The highest BCUT2D eigenvalue weighted by molar-refractivity contribution is 7.99. The Morgan fingerprint density at radius 1 is 1.32 bits per heavy atom. The lowest BCUT2D eigenvalue weighted by molar-refractivity contribution is -0.384. The van der Waals surface area contributed by atoms with Gasteiger partial charge in [0.15, 0.2) is 11.0 Å². The molecule has 1 amide bonds. The third-order valence-corrected chi connectivity index (χ3v) is 5.07. The third-order valence-electron chi connectivity index (χ3n) is 3.72. The Kier molecular flexibility index (Phi) is 5.90. The number of carbonyl (C=O) groups is 1. The number of nitro benzene ring substituents is 1. The highest BCUT2D eigenvalue weighted by Crippen LogP contribution is 2.28. The van der Waals surface area contributed by atoms with Crippen molar-refractivity contribution in [2.75, 3.05) is 11.1 Å². The molecule has 0 saturated carbocycles. The lowest BCUT2D eigenvalue weighted by atomic mass is 10.2. The zero-order valence-corrected chi connectivity index (χ0v) is 16.0. The molecular formula is C17H13ClFN5O3S. The number of anilines is 1. The van der Waals surface area contributed by atoms with Gasteiger partial charge >= 0.3 is 0 Å². The Balaban J connectivity index is 1.68. The van der Waals surface area contributed by atoms with E-state index in [1.807, 2.05) is 6.07 Å². The van der Waals surface area contributed by atoms with Gasteiger partial charge in [0.05, 0.1) is 21.4 Å². The van der Waals surface area contributed by atoms with Gasteiger partial charge in [-0.3, -0.25) is 14.9 Å². The van der Waals surface area contributed by atoms with Crippen LogP contribution in [0.1, 0.15) is 0 Å². The van der Waals surface area contributed by atoms with Crippen LogP contribution in [0.5, 0.6) is 0 Å². The number of hydrogen-bond acceptors (Lipinski definition) is 6. The minimum atomic E-state index is -0.761. The van der Waals surface area contributed by atoms with Gasteiger partial charge < -0.3 is 9.88 Å². The summed E-state index contributed by atoms with van der Waals surface area (Å²) >= 11 is 7.26. The minimum absolute atomic E-state index is 0.0867. The molecule has 0 bridgehead atoms. The predicted octanol–water partition coefficient (Wildman–Crippen LogP) is 3.91. The number of hydrogen-bond donors (Lipinski definition) is 1. The van der Waals surface area contributed by atoms with E-state index in [2.05, 4.69) is 15.5 Å². The van der Waals surface area contributed by atoms with Crippen LogP contribution in [-0.4, -0.2) is 31.3 Å². The number of rotatable bonds is 6. The van der Waals surface area contributed by atoms with Crippen LogP contribution in [0.15, 0.2) is 47.6 Å². The number of aromatic nitrogens is 3. The Morgan fingerprint density at radius 3 is 2.79 bits per heavy atom. The average Bonchev–Trinajstić information content (AvgIpc) is 3.02. The van der Waals surface area contributed by atoms with Crippen molar-refractivity contribution in [1.29, 1.82) is 0 Å². The predicted molar refractivity (Wildman–Crippen MR) is 104 cm³/mol. The summed E-state index contributed by atoms with van der Waals surface area (Å²) in [6, 6.07) is 10.1. The maximum absolute atomic E-state index is 13.8. The molecule has 2 aromatic carbocycles. The smallest absolute Gasteiger partial charge is 0.271 e. The van der Waals surface area contributed by atoms with Crippen molar-refractivity contribution in [2.24, 2.45) is 7.05 Å². The Morgan fingerprint density at radius 2 is 2.07 bits per heavy atom. The molecule has 0 spiro atoms. The Labute approximate surface area is 167 Å². The molecule has 3 aromatic rings. The summed E-state index contributed by atoms with van der Waals surface area (Å²) in [6.07, 6.45) is 0. The van der Waals surface area contributed by atoms with E-state index in [-0.39, 0.29) is 17.1 Å². The fourth-order valence-corrected chi connectivity index (χ4v) is 3.29. The fraction of sp³-hybridized carbons (Fsp3) is 0.118. The molecule has 8 nitrogen and oxygen atoms in total. The maximum Gasteiger partial charge on any atom is 0.271 e. The van der Waals surface area contributed by atoms with Gasteiger partial charge in [0.2, 0.25) is 5.91 Å². The first-order valence-corrected chi connectivity index (χ1v) is 9.24. The van der Waals surface area contributed by atoms with Crippen LogP contribution in [0, 0.1) is 15.9 Å². The molecule has 0 atom stereocenters. The van der Waals surface area contributed by atoms with Crippen LogP contribution < -0.4 is 5.32 Å². The van der Waals surface area contributed by atoms with Crippen LogP contribution in [0.25, 0.3) is 11.4 Å². The molecule has 0 unspecified atom stereocenters. The zero-order chi connectivity index (χ0) is 20.3. The highest BCUT2D eigenvalue weighted by Gasteiger charge is 2.16. The van der Waals surface area contributed by atoms with E-state index in [0.717, 1.165) is 30.0 Å². The second-order valence-corrected chi connectivity index (χ2v) is 6.95. The molecule has 0 aliphatic heterocycles. The molecule has 144 valence electrons. The van der Waals surface area contributed by atoms with Crippen molar-refractivity contribution in [1.82, 2.24) is 14.8 Å². The summed E-state index contributed by atoms with van der Waals surface area (Å²) < 4.78 is 15.5. The third kappa shape index (κ3) is 4.29. The van der Waals surface area contributed by atoms with Gasteiger partial charge in [-0.1, -0.05) is 35.5 Å². The molecule has 1 heterocycles. The second-order valence-electron chi connectivity index (χ2n) is 5.60. The zero-order valence-electron chi connectivity index (χ0n) is 14.4. The minimum Gasteiger partial charge on any atom is -0.323 e. The van der Waals surface area contributed by atoms with Gasteiger partial charge in [-0.25, -0.2) is 4.39 Å². The first-order chi connectivity index (χ1) is 13.4. The first-order valence-electron chi connectivity index (χ1n) is 7.87. The molecule has 0 aliphatic carbocycles. The van der Waals surface area contributed by atoms with E-state index in [1.165, 1.54) is 0 Å². The molecule has 0 radical (unpaired) electrons. The van der Waals surface area contributed by atoms with E-state index in [1.54, 1.807) is 29.8 Å². The van der Waals surface area contributed by atoms with E-state index in [4.69, 9.17) is 11.6 Å². The number of nitrogens with zero attached hydrogens (tertiary/aromatic N) is 4. The summed E-state index contributed by atoms with van der Waals surface area (Å²) in [4.78, 5) is 22.2. The summed E-state index contributed by atoms with van der Waals surface area (Å²) in [6.45, 7) is 0. The van der Waals surface area contributed by atoms with Crippen molar-refractivity contribution in [3.8, 4) is 11.4 Å². The molecular weight excluding hydrogens is 409 g/mol. The summed E-state index contributed by atoms with van der Waals surface area (Å²) in [7, 11) is 1.74. The quantitative estimate of drug-likeness (QED) is 0.367. The van der Waals surface area contributed by atoms with E-state index in [0.29, 0.717) is 21.6 Å². The average molecular weight is 422 g/mol. The number of nitro groups is 1. The van der Waals surface area contributed by atoms with E-state index in [9.17, 15) is 19.3 Å². The molecule has 1 N–H and O–H groups in total. The van der Waals surface area contributed by atoms with E-state index < -0.39 is 16.6 Å². The summed E-state index contributed by atoms with van der Waals surface area (Å²) in [5.41, 5.74) is 0.130. The van der Waals surface area contributed by atoms with Crippen molar-refractivity contribution in [3.05, 3.63) is 63.4 Å². The van der Waals surface area contributed by atoms with Gasteiger partial charge in [-0.2, -0.15) is 0 Å². The van der Waals surface area contributed by atoms with E-state index >= 15 is 0 Å². The number of amides is 1. The SMILES string of the molecule is Cn1c(SCC(=O)Nc2cc([N+](=O)[O-])ccc2F)nnc1-c1ccccc1Cl. The molecule has 0 aliphatic rings. The molecule has 3 rings (SSSR count). The number of carbonyl (C=O) groups excluding carboxylic acids is 1. The molecule has 11 heteroatoms. The van der Waals surface area contributed by atoms with Gasteiger partial charge in [0.1, 0.15) is 5.82 Å². The highest BCUT2D eigenvalue weighted by atomic mass is 35.5. The van der Waals surface area contributed by atoms with Gasteiger partial charge in [-0.15, -0.1) is 10.2 Å². The summed E-state index contributed by atoms with van der Waals surface area (Å²) in [5.74, 6) is -0.843. The Hall–Kier alpha value is -2.98. The van der Waals surface area contributed by atoms with Crippen LogP contribution in [0.2, 0.25) is 5.02 Å². The standard InChI is InChI=1S/C17H13ClFN5O3S/c1-23-16(11-4-2-3-5-12(11)18)21-22-17(23)28-9-15(25)20-14-8-10(24(26)27)6-7-13(14)19/h2-8H,9H2,1H3,(H,20,25). The maximum atomic E-state index is 13.8. The largest absolute Gasteiger partial charge is 0.323 e. The number of nitrogens with one attached hydrogen (secondary N) is 1. The topological polar surface area (TPSA) is 103 Å². The van der Waals surface area contributed by atoms with Gasteiger partial charge in [0, 0.05) is 24.7 Å². The van der Waals surface area contributed by atoms with Crippen molar-refractivity contribution in [3.63, 3.8) is 0 Å². The van der Waals surface area contributed by atoms with Crippen molar-refractivity contribution in [2.45, 2.75) is 5.16 Å². The van der Waals surface area contributed by atoms with Crippen LogP contribution in [0.4, 0.5) is 15.8 Å².